The normalized spacial score (nSPS) is 15.4. The van der Waals surface area contributed by atoms with Gasteiger partial charge < -0.3 is 19.3 Å². The van der Waals surface area contributed by atoms with Crippen LogP contribution in [0.2, 0.25) is 0 Å². The zero-order chi connectivity index (χ0) is 20.8. The first kappa shape index (κ1) is 15.1. The van der Waals surface area contributed by atoms with Crippen LogP contribution in [0, 0.1) is 6.92 Å². The summed E-state index contributed by atoms with van der Waals surface area (Å²) in [6.07, 6.45) is -2.80. The molecule has 2 aromatic rings. The van der Waals surface area contributed by atoms with Crippen molar-refractivity contribution in [1.82, 2.24) is 0 Å². The highest BCUT2D eigenvalue weighted by atomic mass is 16.5. The van der Waals surface area contributed by atoms with Crippen LogP contribution in [0.25, 0.3) is 0 Å². The van der Waals surface area contributed by atoms with Crippen molar-refractivity contribution in [3.63, 3.8) is 0 Å². The Kier molecular flexibility index (Phi) is 6.00. The second kappa shape index (κ2) is 9.94. The number of rotatable bonds is 10. The molecule has 4 nitrogen and oxygen atoms in total. The topological polar surface area (TPSA) is 47.9 Å². The van der Waals surface area contributed by atoms with Crippen LogP contribution in [0.5, 0.6) is 17.2 Å². The van der Waals surface area contributed by atoms with Crippen molar-refractivity contribution in [1.29, 1.82) is 0 Å². The van der Waals surface area contributed by atoms with Crippen molar-refractivity contribution in [2.45, 2.75) is 38.6 Å². The van der Waals surface area contributed by atoms with E-state index in [0.29, 0.717) is 29.2 Å². The van der Waals surface area contributed by atoms with Gasteiger partial charge in [0.05, 0.1) is 21.7 Å². The Bertz CT molecular complexity index is 778. The van der Waals surface area contributed by atoms with Crippen LogP contribution in [0.15, 0.2) is 42.5 Å². The standard InChI is InChI=1S/C21H28O4/c1-16-7-6-10-19(13-16)25-15-18(22)9-5-4-8-17-11-12-20(23-2)21(14-17)24-3/h6-7,10-14,18,22H,4-5,8-9,15H2,1-3H3/i8D2,18D. The highest BCUT2D eigenvalue weighted by Gasteiger charge is 2.07. The fraction of sp³-hybridized carbons (Fsp3) is 0.429. The maximum atomic E-state index is 10.2. The molecule has 0 heterocycles. The summed E-state index contributed by atoms with van der Waals surface area (Å²) in [6, 6.07) is 12.4. The van der Waals surface area contributed by atoms with Gasteiger partial charge in [0.2, 0.25) is 0 Å². The van der Waals surface area contributed by atoms with Gasteiger partial charge in [0.25, 0.3) is 0 Å². The van der Waals surface area contributed by atoms with Gasteiger partial charge in [-0.2, -0.15) is 0 Å². The third-order valence-electron chi connectivity index (χ3n) is 3.75. The first-order valence-electron chi connectivity index (χ1n) is 9.81. The molecule has 0 aliphatic rings. The molecule has 0 aliphatic carbocycles. The lowest BCUT2D eigenvalue weighted by Crippen LogP contribution is -2.17. The van der Waals surface area contributed by atoms with E-state index in [1.807, 2.05) is 25.1 Å². The monoisotopic (exact) mass is 347 g/mol. The minimum atomic E-state index is -1.78. The summed E-state index contributed by atoms with van der Waals surface area (Å²) in [5.74, 6) is 1.61. The van der Waals surface area contributed by atoms with Crippen molar-refractivity contribution < 1.29 is 23.4 Å². The van der Waals surface area contributed by atoms with Gasteiger partial charge in [-0.3, -0.25) is 0 Å². The highest BCUT2D eigenvalue weighted by molar-refractivity contribution is 5.42. The van der Waals surface area contributed by atoms with Crippen LogP contribution in [0.4, 0.5) is 0 Å². The molecule has 2 aromatic carbocycles. The first-order valence-corrected chi connectivity index (χ1v) is 8.31. The fourth-order valence-electron chi connectivity index (χ4n) is 2.42. The van der Waals surface area contributed by atoms with Gasteiger partial charge in [-0.1, -0.05) is 24.6 Å². The molecule has 2 rings (SSSR count). The van der Waals surface area contributed by atoms with E-state index in [9.17, 15) is 5.11 Å². The molecule has 0 aromatic heterocycles. The van der Waals surface area contributed by atoms with Crippen molar-refractivity contribution in [2.75, 3.05) is 20.8 Å². The quantitative estimate of drug-likeness (QED) is 0.701. The Morgan fingerprint density at radius 3 is 2.60 bits per heavy atom. The number of aliphatic hydroxyl groups is 1. The Morgan fingerprint density at radius 1 is 1.08 bits per heavy atom. The van der Waals surface area contributed by atoms with E-state index in [1.54, 1.807) is 24.3 Å². The molecule has 136 valence electrons. The van der Waals surface area contributed by atoms with Crippen LogP contribution in [-0.2, 0) is 6.37 Å². The largest absolute Gasteiger partial charge is 0.493 e. The van der Waals surface area contributed by atoms with E-state index in [1.165, 1.54) is 14.2 Å². The number of benzene rings is 2. The van der Waals surface area contributed by atoms with E-state index < -0.39 is 12.5 Å². The molecule has 4 heteroatoms. The Hall–Kier alpha value is -2.20. The molecule has 0 saturated heterocycles. The van der Waals surface area contributed by atoms with Gasteiger partial charge in [0.15, 0.2) is 11.5 Å². The van der Waals surface area contributed by atoms with Gasteiger partial charge in [-0.15, -0.1) is 0 Å². The lowest BCUT2D eigenvalue weighted by molar-refractivity contribution is 0.0976. The molecule has 1 atom stereocenters. The van der Waals surface area contributed by atoms with E-state index in [0.717, 1.165) is 5.56 Å². The predicted molar refractivity (Wildman–Crippen MR) is 99.8 cm³/mol. The van der Waals surface area contributed by atoms with Crippen molar-refractivity contribution in [2.24, 2.45) is 0 Å². The van der Waals surface area contributed by atoms with Crippen LogP contribution in [0.1, 0.15) is 34.5 Å². The highest BCUT2D eigenvalue weighted by Crippen LogP contribution is 2.28. The number of ether oxygens (including phenoxy) is 3. The number of methoxy groups -OCH3 is 2. The number of hydrogen-bond donors (Lipinski definition) is 1. The van der Waals surface area contributed by atoms with Gasteiger partial charge in [0, 0.05) is 2.74 Å². The lowest BCUT2D eigenvalue weighted by Gasteiger charge is -2.13. The smallest absolute Gasteiger partial charge is 0.160 e. The minimum absolute atomic E-state index is 0.103. The van der Waals surface area contributed by atoms with Crippen LogP contribution >= 0.6 is 0 Å². The molecular weight excluding hydrogens is 316 g/mol. The molecule has 1 unspecified atom stereocenters. The number of hydrogen-bond acceptors (Lipinski definition) is 4. The summed E-state index contributed by atoms with van der Waals surface area (Å²) in [6.45, 7) is 1.77. The van der Waals surface area contributed by atoms with E-state index in [-0.39, 0.29) is 19.4 Å². The zero-order valence-corrected chi connectivity index (χ0v) is 15.0. The van der Waals surface area contributed by atoms with Gasteiger partial charge in [0.1, 0.15) is 12.4 Å². The summed E-state index contributed by atoms with van der Waals surface area (Å²) in [7, 11) is 3.03. The average molecular weight is 347 g/mol. The van der Waals surface area contributed by atoms with Gasteiger partial charge in [-0.05, 0) is 61.5 Å². The second-order valence-electron chi connectivity index (χ2n) is 5.77. The molecule has 0 amide bonds. The molecule has 0 spiro atoms. The Morgan fingerprint density at radius 2 is 1.88 bits per heavy atom. The minimum Gasteiger partial charge on any atom is -0.493 e. The van der Waals surface area contributed by atoms with Crippen LogP contribution in [0.3, 0.4) is 0 Å². The number of aryl methyl sites for hydroxylation is 2. The summed E-state index contributed by atoms with van der Waals surface area (Å²) >= 11 is 0. The second-order valence-corrected chi connectivity index (χ2v) is 5.77. The molecular formula is C21H28O4. The van der Waals surface area contributed by atoms with E-state index in [2.05, 4.69) is 0 Å². The average Bonchev–Trinajstić information content (AvgIpc) is 2.65. The van der Waals surface area contributed by atoms with Crippen molar-refractivity contribution in [3.05, 3.63) is 53.6 Å². The first-order chi connectivity index (χ1) is 13.2. The van der Waals surface area contributed by atoms with E-state index in [4.69, 9.17) is 18.3 Å². The van der Waals surface area contributed by atoms with Crippen LogP contribution in [-0.4, -0.2) is 32.0 Å². The molecule has 25 heavy (non-hydrogen) atoms. The molecule has 1 N–H and O–H groups in total. The Balaban J connectivity index is 1.91. The molecule has 0 bridgehead atoms. The Labute approximate surface area is 154 Å². The lowest BCUT2D eigenvalue weighted by atomic mass is 10.0. The fourth-order valence-corrected chi connectivity index (χ4v) is 2.42. The zero-order valence-electron chi connectivity index (χ0n) is 18.0. The molecule has 0 saturated carbocycles. The van der Waals surface area contributed by atoms with E-state index >= 15 is 0 Å². The maximum absolute atomic E-state index is 10.2. The molecule has 0 fully saturated rings. The van der Waals surface area contributed by atoms with Crippen molar-refractivity contribution >= 4 is 0 Å². The van der Waals surface area contributed by atoms with Crippen molar-refractivity contribution in [3.8, 4) is 17.2 Å². The van der Waals surface area contributed by atoms with Crippen LogP contribution < -0.4 is 14.2 Å². The van der Waals surface area contributed by atoms with Gasteiger partial charge in [-0.25, -0.2) is 0 Å². The maximum Gasteiger partial charge on any atom is 0.160 e. The summed E-state index contributed by atoms with van der Waals surface area (Å²) in [4.78, 5) is 0. The summed E-state index contributed by atoms with van der Waals surface area (Å²) in [5.41, 5.74) is 1.50. The molecule has 0 radical (unpaired) electrons. The summed E-state index contributed by atoms with van der Waals surface area (Å²) in [5, 5.41) is 10.2. The SMILES string of the molecule is [2H]C(O)(CCCC([2H])([2H])c1ccc(OC)c(OC)c1)COc1cccc(C)c1. The summed E-state index contributed by atoms with van der Waals surface area (Å²) < 4.78 is 40.6. The third-order valence-corrected chi connectivity index (χ3v) is 3.75. The van der Waals surface area contributed by atoms with Gasteiger partial charge >= 0.3 is 0 Å². The third kappa shape index (κ3) is 6.31. The predicted octanol–water partition coefficient (Wildman–Crippen LogP) is 4.16. The molecule has 0 aliphatic heterocycles.